The molecule has 58 heavy (non-hydrogen) atoms. The summed E-state index contributed by atoms with van der Waals surface area (Å²) in [6, 6.07) is 43.1. The zero-order valence-corrected chi connectivity index (χ0v) is 32.2. The van der Waals surface area contributed by atoms with E-state index in [-0.39, 0.29) is 11.8 Å². The van der Waals surface area contributed by atoms with Crippen molar-refractivity contribution in [2.75, 3.05) is 0 Å². The highest BCUT2D eigenvalue weighted by Crippen LogP contribution is 2.55. The summed E-state index contributed by atoms with van der Waals surface area (Å²) in [7, 11) is 0. The van der Waals surface area contributed by atoms with Crippen LogP contribution in [-0.4, -0.2) is 0 Å². The van der Waals surface area contributed by atoms with Crippen molar-refractivity contribution in [3.8, 4) is 34.4 Å². The molecule has 3 atom stereocenters. The van der Waals surface area contributed by atoms with Crippen LogP contribution in [0.4, 0.5) is 0 Å². The first-order chi connectivity index (χ1) is 28.6. The molecule has 11 rings (SSSR count). The molecule has 3 heteroatoms. The van der Waals surface area contributed by atoms with Gasteiger partial charge in [-0.15, -0.1) is 0 Å². The first kappa shape index (κ1) is 34.1. The van der Waals surface area contributed by atoms with Crippen molar-refractivity contribution in [2.45, 2.75) is 26.2 Å². The second kappa shape index (κ2) is 13.5. The minimum absolute atomic E-state index is 0.100. The van der Waals surface area contributed by atoms with Gasteiger partial charge in [-0.25, -0.2) is 0 Å². The van der Waals surface area contributed by atoms with Crippen molar-refractivity contribution in [3.05, 3.63) is 196 Å². The van der Waals surface area contributed by atoms with Crippen LogP contribution in [0.5, 0.6) is 0 Å². The lowest BCUT2D eigenvalue weighted by Gasteiger charge is -2.40. The summed E-state index contributed by atoms with van der Waals surface area (Å²) in [6.07, 6.45) is 21.0. The fraction of sp³-hybridized carbons (Fsp3) is 0.127. The van der Waals surface area contributed by atoms with Gasteiger partial charge in [0.05, 0.1) is 23.3 Å². The van der Waals surface area contributed by atoms with E-state index in [1.54, 1.807) is 0 Å². The van der Waals surface area contributed by atoms with Crippen LogP contribution in [0.15, 0.2) is 167 Å². The van der Waals surface area contributed by atoms with Crippen molar-refractivity contribution < 1.29 is 4.42 Å². The molecule has 0 radical (unpaired) electrons. The number of nitrogens with zero attached hydrogens (tertiary/aromatic N) is 2. The molecule has 0 N–H and O–H groups in total. The molecule has 0 spiro atoms. The molecular formula is C55H38N2O. The van der Waals surface area contributed by atoms with E-state index in [4.69, 9.17) is 4.42 Å². The Kier molecular flexibility index (Phi) is 7.92. The molecule has 7 aromatic rings. The van der Waals surface area contributed by atoms with Gasteiger partial charge in [0.15, 0.2) is 0 Å². The monoisotopic (exact) mass is 742 g/mol. The largest absolute Gasteiger partial charge is 0.455 e. The Morgan fingerprint density at radius 3 is 2.07 bits per heavy atom. The summed E-state index contributed by atoms with van der Waals surface area (Å²) in [5.74, 6) is 0.545. The number of fused-ring (bicyclic) bond motifs is 7. The summed E-state index contributed by atoms with van der Waals surface area (Å²) in [5.41, 5.74) is 17.5. The molecule has 3 unspecified atom stereocenters. The number of benzene rings is 6. The Morgan fingerprint density at radius 1 is 0.603 bits per heavy atom. The number of hydrogen-bond acceptors (Lipinski definition) is 3. The van der Waals surface area contributed by atoms with E-state index in [0.717, 1.165) is 79.8 Å². The van der Waals surface area contributed by atoms with Crippen molar-refractivity contribution in [1.29, 1.82) is 10.5 Å². The molecule has 0 aliphatic heterocycles. The second-order valence-electron chi connectivity index (χ2n) is 16.0. The van der Waals surface area contributed by atoms with Crippen LogP contribution >= 0.6 is 0 Å². The van der Waals surface area contributed by atoms with E-state index >= 15 is 0 Å². The lowest BCUT2D eigenvalue weighted by Crippen LogP contribution is -2.26. The van der Waals surface area contributed by atoms with Crippen LogP contribution in [0.1, 0.15) is 53.1 Å². The Labute approximate surface area is 338 Å². The molecule has 0 fully saturated rings. The van der Waals surface area contributed by atoms with Gasteiger partial charge in [-0.2, -0.15) is 10.5 Å². The molecule has 6 aromatic carbocycles. The Bertz CT molecular complexity index is 3200. The topological polar surface area (TPSA) is 60.7 Å². The van der Waals surface area contributed by atoms with Crippen molar-refractivity contribution in [1.82, 2.24) is 0 Å². The van der Waals surface area contributed by atoms with Gasteiger partial charge in [0.2, 0.25) is 0 Å². The smallest absolute Gasteiger partial charge is 0.143 e. The quantitative estimate of drug-likeness (QED) is 0.180. The lowest BCUT2D eigenvalue weighted by molar-refractivity contribution is 0.635. The standard InChI is InChI=1S/C55H38N2O/c1-33-14-12-26-46-50(33)51(39-19-6-7-20-40(39)53(46)38-18-5-3-16-36(38)32-57)34-28-29-49-48(30-34)45-25-13-27-47(55(45)58-49)54-43-23-10-8-21-41(43)52(42-22-9-11-24-44(42)54)37-17-4-2-15-35(37)31-56/h2-10,12-13,15-23,25-30,33,39-40H,11,14,24H2,1H3. The van der Waals surface area contributed by atoms with Gasteiger partial charge >= 0.3 is 0 Å². The molecular weight excluding hydrogens is 705 g/mol. The Hall–Kier alpha value is -7.20. The molecule has 4 aliphatic rings. The van der Waals surface area contributed by atoms with E-state index in [2.05, 4.69) is 147 Å². The van der Waals surface area contributed by atoms with E-state index in [0.29, 0.717) is 11.5 Å². The van der Waals surface area contributed by atoms with E-state index in [9.17, 15) is 10.5 Å². The number of furan rings is 1. The van der Waals surface area contributed by atoms with E-state index in [1.807, 2.05) is 30.3 Å². The van der Waals surface area contributed by atoms with Crippen LogP contribution in [0, 0.1) is 40.4 Å². The number of nitriles is 2. The van der Waals surface area contributed by atoms with Crippen LogP contribution < -0.4 is 0 Å². The average molecular weight is 743 g/mol. The maximum atomic E-state index is 10.2. The summed E-state index contributed by atoms with van der Waals surface area (Å²) < 4.78 is 6.95. The molecule has 0 saturated carbocycles. The number of para-hydroxylation sites is 1. The van der Waals surface area contributed by atoms with Crippen molar-refractivity contribution in [2.24, 2.45) is 17.8 Å². The summed E-state index contributed by atoms with van der Waals surface area (Å²) >= 11 is 0. The molecule has 1 aromatic heterocycles. The average Bonchev–Trinajstić information content (AvgIpc) is 3.66. The van der Waals surface area contributed by atoms with Crippen molar-refractivity contribution >= 4 is 49.9 Å². The molecule has 4 aliphatic carbocycles. The van der Waals surface area contributed by atoms with Gasteiger partial charge in [0, 0.05) is 33.7 Å². The first-order valence-corrected chi connectivity index (χ1v) is 20.3. The van der Waals surface area contributed by atoms with Crippen LogP contribution in [0.25, 0.3) is 72.2 Å². The van der Waals surface area contributed by atoms with Gasteiger partial charge in [-0.3, -0.25) is 0 Å². The fourth-order valence-electron chi connectivity index (χ4n) is 10.5. The number of allylic oxidation sites excluding steroid dienone is 11. The zero-order chi connectivity index (χ0) is 38.9. The van der Waals surface area contributed by atoms with Gasteiger partial charge < -0.3 is 4.42 Å². The fourth-order valence-corrected chi connectivity index (χ4v) is 10.5. The van der Waals surface area contributed by atoms with Gasteiger partial charge in [0.1, 0.15) is 11.2 Å². The van der Waals surface area contributed by atoms with Gasteiger partial charge in [-0.1, -0.05) is 140 Å². The Morgan fingerprint density at radius 2 is 1.28 bits per heavy atom. The van der Waals surface area contributed by atoms with Gasteiger partial charge in [0.25, 0.3) is 0 Å². The lowest BCUT2D eigenvalue weighted by atomic mass is 9.63. The zero-order valence-electron chi connectivity index (χ0n) is 32.2. The molecule has 3 nitrogen and oxygen atoms in total. The third-order valence-electron chi connectivity index (χ3n) is 12.9. The summed E-state index contributed by atoms with van der Waals surface area (Å²) in [6.45, 7) is 2.35. The van der Waals surface area contributed by atoms with Crippen LogP contribution in [-0.2, 0) is 6.42 Å². The van der Waals surface area contributed by atoms with Crippen LogP contribution in [0.2, 0.25) is 0 Å². The summed E-state index contributed by atoms with van der Waals surface area (Å²) in [5, 5.41) is 24.9. The molecule has 0 amide bonds. The van der Waals surface area contributed by atoms with Crippen molar-refractivity contribution in [3.63, 3.8) is 0 Å². The maximum absolute atomic E-state index is 10.2. The maximum Gasteiger partial charge on any atom is 0.143 e. The SMILES string of the molecule is CC1CC=CC2=C(c3ccccc3C#N)C3C=CC=CC3C(c3ccc4oc5c(-c6c7c(c(-c8ccccc8C#N)c8ccccc68)C=CCC7)cccc5c4c3)=C21. The normalized spacial score (nSPS) is 19.3. The van der Waals surface area contributed by atoms with Crippen LogP contribution in [0.3, 0.4) is 0 Å². The third kappa shape index (κ3) is 5.04. The second-order valence-corrected chi connectivity index (χ2v) is 16.0. The van der Waals surface area contributed by atoms with E-state index in [1.165, 1.54) is 44.5 Å². The number of rotatable bonds is 4. The summed E-state index contributed by atoms with van der Waals surface area (Å²) in [4.78, 5) is 0. The molecule has 0 saturated heterocycles. The van der Waals surface area contributed by atoms with E-state index < -0.39 is 0 Å². The highest BCUT2D eigenvalue weighted by atomic mass is 16.3. The Balaban J connectivity index is 1.15. The molecule has 1 heterocycles. The highest BCUT2D eigenvalue weighted by Gasteiger charge is 2.39. The first-order valence-electron chi connectivity index (χ1n) is 20.3. The predicted octanol–water partition coefficient (Wildman–Crippen LogP) is 14.0. The predicted molar refractivity (Wildman–Crippen MR) is 237 cm³/mol. The highest BCUT2D eigenvalue weighted by molar-refractivity contribution is 6.16. The minimum Gasteiger partial charge on any atom is -0.455 e. The van der Waals surface area contributed by atoms with Gasteiger partial charge in [-0.05, 0) is 116 Å². The minimum atomic E-state index is 0.100. The molecule has 0 bridgehead atoms. The third-order valence-corrected chi connectivity index (χ3v) is 12.9. The number of hydrogen-bond donors (Lipinski definition) is 0. The molecule has 274 valence electrons.